The Morgan fingerprint density at radius 3 is 1.02 bits per heavy atom. The van der Waals surface area contributed by atoms with Crippen molar-refractivity contribution >= 4 is 11.6 Å². The Morgan fingerprint density at radius 1 is 0.350 bits per heavy atom. The maximum Gasteiger partial charge on any atom is 0.164 e. The Balaban J connectivity index is 0.000000198. The van der Waals surface area contributed by atoms with Gasteiger partial charge in [-0.15, -0.1) is 0 Å². The number of hydrogen-bond donors (Lipinski definition) is 6. The van der Waals surface area contributed by atoms with Crippen LogP contribution in [0.1, 0.15) is 359 Å². The molecule has 0 heterocycles. The lowest BCUT2D eigenvalue weighted by Gasteiger charge is -2.22. The molecule has 6 fully saturated rings. The Hall–Kier alpha value is -6.98. The number of ketones is 2. The van der Waals surface area contributed by atoms with E-state index in [0.717, 1.165) is 121 Å². The molecule has 12 rings (SSSR count). The van der Waals surface area contributed by atoms with Crippen molar-refractivity contribution in [3.05, 3.63) is 173 Å². The first-order valence-electron chi connectivity index (χ1n) is 47.6. The normalized spacial score (nSPS) is 17.6. The van der Waals surface area contributed by atoms with Gasteiger partial charge in [-0.05, 0) is 260 Å². The summed E-state index contributed by atoms with van der Waals surface area (Å²) in [6.07, 6.45) is 46.9. The first kappa shape index (κ1) is 100. The number of unbranched alkanes of at least 4 members (excludes halogenated alkanes) is 3. The Morgan fingerprint density at radius 2 is 0.675 bits per heavy atom. The second kappa shape index (κ2) is 59.7. The molecule has 0 amide bonds. The summed E-state index contributed by atoms with van der Waals surface area (Å²) in [4.78, 5) is 26.2. The molecule has 0 radical (unpaired) electrons. The molecule has 0 unspecified atom stereocenters. The quantitative estimate of drug-likeness (QED) is 0.0156. The third-order valence-electron chi connectivity index (χ3n) is 24.9. The number of aliphatic hydroxyl groups excluding tert-OH is 5. The van der Waals surface area contributed by atoms with Crippen molar-refractivity contribution in [2.24, 2.45) is 35.5 Å². The van der Waals surface area contributed by atoms with Crippen molar-refractivity contribution in [2.45, 2.75) is 335 Å². The van der Waals surface area contributed by atoms with Gasteiger partial charge in [0.1, 0.15) is 52.5 Å². The number of phenolic OH excluding ortho intramolecular Hbond substituents is 1. The van der Waals surface area contributed by atoms with E-state index in [1.165, 1.54) is 224 Å². The average molecular weight is 1660 g/mol. The molecule has 5 atom stereocenters. The van der Waals surface area contributed by atoms with E-state index >= 15 is 0 Å². The summed E-state index contributed by atoms with van der Waals surface area (Å²) in [5, 5.41) is 59.3. The fourth-order valence-corrected chi connectivity index (χ4v) is 17.0. The number of benzene rings is 6. The van der Waals surface area contributed by atoms with Gasteiger partial charge in [-0.2, -0.15) is 0 Å². The highest BCUT2D eigenvalue weighted by atomic mass is 16.5. The third-order valence-corrected chi connectivity index (χ3v) is 24.9. The monoisotopic (exact) mass is 1660 g/mol. The van der Waals surface area contributed by atoms with Crippen LogP contribution >= 0.6 is 0 Å². The van der Waals surface area contributed by atoms with Gasteiger partial charge >= 0.3 is 0 Å². The number of carbonyl (C=O) groups excluding carboxylic acids is 2. The zero-order valence-corrected chi connectivity index (χ0v) is 75.2. The largest absolute Gasteiger partial charge is 0.508 e. The smallest absolute Gasteiger partial charge is 0.164 e. The lowest BCUT2D eigenvalue weighted by atomic mass is 9.90. The summed E-state index contributed by atoms with van der Waals surface area (Å²) >= 11 is 0. The predicted octanol–water partition coefficient (Wildman–Crippen LogP) is 25.3. The topological polar surface area (TPSA) is 214 Å². The van der Waals surface area contributed by atoms with Crippen LogP contribution in [0.25, 0.3) is 0 Å². The van der Waals surface area contributed by atoms with E-state index in [4.69, 9.17) is 28.4 Å². The van der Waals surface area contributed by atoms with Crippen molar-refractivity contribution < 1.29 is 68.6 Å². The van der Waals surface area contributed by atoms with Crippen molar-refractivity contribution in [2.75, 3.05) is 60.3 Å². The molecule has 120 heavy (non-hydrogen) atoms. The minimum atomic E-state index is -0.835. The number of aromatic hydroxyl groups is 1. The van der Waals surface area contributed by atoms with Crippen molar-refractivity contribution in [1.29, 1.82) is 0 Å². The molecule has 6 aromatic rings. The second-order valence-corrected chi connectivity index (χ2v) is 35.6. The van der Waals surface area contributed by atoms with E-state index < -0.39 is 30.5 Å². The SMILES string of the molecule is CCCCC(=O)c1cccc(OCC2CCCCC2)c1.CCCCCc1cccc(OCC2CCCCC2)c1.CCC[C@@H](O)c1cc(O)cc(OCC2CCCCC2)c1.CC[C@@H](O)[C@@H](O)c1cccc(OCC2CCCCC2)c1.CC[C@@H](O)[C@H](O)c1cccc(OCC2CCCCC2)c1.CN(C)CCC(=O)c1cccc(OCC2CCCCC2)c1. The van der Waals surface area contributed by atoms with Gasteiger partial charge in [0.25, 0.3) is 0 Å². The number of aryl methyl sites for hydroxylation is 1. The highest BCUT2D eigenvalue weighted by Gasteiger charge is 2.24. The highest BCUT2D eigenvalue weighted by Crippen LogP contribution is 2.35. The van der Waals surface area contributed by atoms with Crippen LogP contribution in [0.4, 0.5) is 0 Å². The maximum atomic E-state index is 12.1. The van der Waals surface area contributed by atoms with Gasteiger partial charge in [-0.25, -0.2) is 0 Å². The van der Waals surface area contributed by atoms with Crippen LogP contribution in [-0.2, 0) is 6.42 Å². The molecule has 0 bridgehead atoms. The lowest BCUT2D eigenvalue weighted by molar-refractivity contribution is 0.0163. The summed E-state index contributed by atoms with van der Waals surface area (Å²) in [7, 11) is 3.97. The van der Waals surface area contributed by atoms with Gasteiger partial charge in [-0.1, -0.05) is 237 Å². The summed E-state index contributed by atoms with van der Waals surface area (Å²) in [5.41, 5.74) is 5.17. The maximum absolute atomic E-state index is 12.1. The van der Waals surface area contributed by atoms with E-state index in [2.05, 4.69) is 38.1 Å². The minimum Gasteiger partial charge on any atom is -0.508 e. The van der Waals surface area contributed by atoms with E-state index in [1.54, 1.807) is 12.1 Å². The fourth-order valence-electron chi connectivity index (χ4n) is 17.0. The van der Waals surface area contributed by atoms with Crippen LogP contribution in [0.2, 0.25) is 0 Å². The molecule has 0 aliphatic heterocycles. The third kappa shape index (κ3) is 40.6. The number of ether oxygens (including phenoxy) is 6. The second-order valence-electron chi connectivity index (χ2n) is 35.6. The summed E-state index contributed by atoms with van der Waals surface area (Å²) in [6.45, 7) is 15.6. The molecule has 6 aliphatic rings. The van der Waals surface area contributed by atoms with Crippen LogP contribution in [0.5, 0.6) is 40.2 Å². The minimum absolute atomic E-state index is 0.163. The number of Topliss-reactive ketones (excluding diaryl/α,β-unsaturated/α-hetero) is 2. The van der Waals surface area contributed by atoms with Crippen molar-refractivity contribution in [1.82, 2.24) is 4.90 Å². The standard InChI is InChI=1S/C18H27NO2.C18H26O2.C18H28O.3C17H26O3/c1-19(2)12-11-18(20)16-9-6-10-17(13-16)21-14-15-7-4-3-5-8-15;1-2-3-12-18(19)16-10-7-11-17(13-16)20-14-15-8-5-4-6-9-15;1-2-3-5-9-16-12-8-13-18(14-16)19-15-17-10-6-4-7-11-17;2*1-2-16(18)17(19)14-9-6-10-15(11-14)20-12-13-7-4-3-5-8-13;1-2-6-17(19)14-9-15(18)11-16(10-14)20-12-13-7-4-3-5-8-13/h6,9-10,13,15H,3-5,7-8,11-12,14H2,1-2H3;7,10-11,13,15H,2-6,8-9,12,14H2,1H3;8,12-14,17H,2-7,9-11,15H2,1H3;2*6,9-11,13,16-19H,2-5,7-8,12H2,1H3;9-11,13,17-19H,2-8,12H2,1H3/t;;;16-,17+;16-,17-;17-/m...111/s1. The Labute approximate surface area is 724 Å². The molecule has 6 aromatic carbocycles. The van der Waals surface area contributed by atoms with E-state index in [-0.39, 0.29) is 17.3 Å². The summed E-state index contributed by atoms with van der Waals surface area (Å²) in [6, 6.07) is 44.0. The van der Waals surface area contributed by atoms with Crippen LogP contribution in [0, 0.1) is 35.5 Å². The van der Waals surface area contributed by atoms with Crippen LogP contribution in [-0.4, -0.2) is 120 Å². The van der Waals surface area contributed by atoms with Gasteiger partial charge in [0.05, 0.1) is 58.0 Å². The van der Waals surface area contributed by atoms with Crippen LogP contribution < -0.4 is 28.4 Å². The molecule has 0 spiro atoms. The molecule has 0 aromatic heterocycles. The number of aliphatic hydroxyl groups is 5. The number of phenols is 1. The Bertz CT molecular complexity index is 3580. The molecular weight excluding hydrogens is 1500 g/mol. The molecule has 15 heteroatoms. The highest BCUT2D eigenvalue weighted by molar-refractivity contribution is 5.97. The summed E-state index contributed by atoms with van der Waals surface area (Å²) < 4.78 is 35.3. The number of nitrogens with zero attached hydrogens (tertiary/aromatic N) is 1. The average Bonchev–Trinajstić information content (AvgIpc) is 0.853. The van der Waals surface area contributed by atoms with Crippen molar-refractivity contribution in [3.8, 4) is 40.2 Å². The number of carbonyl (C=O) groups is 2. The first-order chi connectivity index (χ1) is 58.4. The lowest BCUT2D eigenvalue weighted by Crippen LogP contribution is -2.17. The molecule has 15 nitrogen and oxygen atoms in total. The molecule has 6 saturated carbocycles. The van der Waals surface area contributed by atoms with E-state index in [0.29, 0.717) is 74.1 Å². The van der Waals surface area contributed by atoms with Gasteiger partial charge < -0.3 is 64.0 Å². The van der Waals surface area contributed by atoms with Crippen LogP contribution in [0.3, 0.4) is 0 Å². The van der Waals surface area contributed by atoms with E-state index in [1.807, 2.05) is 143 Å². The number of rotatable bonds is 39. The molecule has 668 valence electrons. The summed E-state index contributed by atoms with van der Waals surface area (Å²) in [5.74, 6) is 9.71. The molecular formula is C105H159NO14. The fraction of sp³-hybridized carbons (Fsp3) is 0.638. The van der Waals surface area contributed by atoms with Crippen LogP contribution in [0.15, 0.2) is 140 Å². The zero-order valence-electron chi connectivity index (χ0n) is 75.2. The van der Waals surface area contributed by atoms with E-state index in [9.17, 15) is 40.2 Å². The van der Waals surface area contributed by atoms with Gasteiger partial charge in [0.2, 0.25) is 0 Å². The van der Waals surface area contributed by atoms with Gasteiger partial charge in [0, 0.05) is 36.6 Å². The zero-order chi connectivity index (χ0) is 85.7. The van der Waals surface area contributed by atoms with Gasteiger partial charge in [0.15, 0.2) is 11.6 Å². The van der Waals surface area contributed by atoms with Gasteiger partial charge in [-0.3, -0.25) is 9.59 Å². The van der Waals surface area contributed by atoms with Crippen molar-refractivity contribution in [3.63, 3.8) is 0 Å². The molecule has 6 N–H and O–H groups in total. The number of hydrogen-bond acceptors (Lipinski definition) is 15. The molecule has 0 saturated heterocycles. The predicted molar refractivity (Wildman–Crippen MR) is 490 cm³/mol. The Kier molecular flexibility index (Phi) is 49.8. The first-order valence-corrected chi connectivity index (χ1v) is 47.6. The molecule has 6 aliphatic carbocycles.